The minimum atomic E-state index is -0.345. The fourth-order valence-corrected chi connectivity index (χ4v) is 1.58. The van der Waals surface area contributed by atoms with Crippen molar-refractivity contribution in [2.24, 2.45) is 0 Å². The lowest BCUT2D eigenvalue weighted by Gasteiger charge is -2.20. The maximum absolute atomic E-state index is 12.0. The minimum Gasteiger partial charge on any atom is -0.349 e. The van der Waals surface area contributed by atoms with E-state index < -0.39 is 0 Å². The van der Waals surface area contributed by atoms with E-state index in [1.807, 2.05) is 39.8 Å². The normalized spacial score (nSPS) is 11.3. The second-order valence-corrected chi connectivity index (χ2v) is 6.17. The summed E-state index contributed by atoms with van der Waals surface area (Å²) in [5.41, 5.74) is 0.142. The van der Waals surface area contributed by atoms with Crippen LogP contribution in [0.15, 0.2) is 18.2 Å². The van der Waals surface area contributed by atoms with Gasteiger partial charge in [0.15, 0.2) is 0 Å². The van der Waals surface area contributed by atoms with Gasteiger partial charge in [0, 0.05) is 18.6 Å². The number of nitrogens with one attached hydrogen (secondary N) is 2. The van der Waals surface area contributed by atoms with E-state index in [0.717, 1.165) is 6.54 Å². The highest BCUT2D eigenvalue weighted by Crippen LogP contribution is 2.04. The Hall–Kier alpha value is -1.95. The molecule has 0 unspecified atom stereocenters. The number of hydrogen-bond acceptors (Lipinski definition) is 4. The van der Waals surface area contributed by atoms with Gasteiger partial charge < -0.3 is 15.5 Å². The molecule has 0 bridgehead atoms. The van der Waals surface area contributed by atoms with Gasteiger partial charge in [0.2, 0.25) is 0 Å². The number of carbonyl (C=O) groups is 2. The molecule has 1 aromatic rings. The second kappa shape index (κ2) is 7.17. The van der Waals surface area contributed by atoms with E-state index in [1.165, 1.54) is 0 Å². The van der Waals surface area contributed by atoms with Crippen LogP contribution in [0, 0.1) is 0 Å². The number of nitrogens with zero attached hydrogens (tertiary/aromatic N) is 2. The first-order chi connectivity index (χ1) is 9.69. The third-order valence-corrected chi connectivity index (χ3v) is 2.55. The monoisotopic (exact) mass is 292 g/mol. The molecular formula is C15H24N4O2. The number of amides is 2. The van der Waals surface area contributed by atoms with Crippen molar-refractivity contribution in [2.45, 2.75) is 26.3 Å². The lowest BCUT2D eigenvalue weighted by molar-refractivity contribution is 0.0914. The number of carbonyl (C=O) groups excluding carboxylic acids is 2. The molecule has 1 rings (SSSR count). The van der Waals surface area contributed by atoms with Crippen LogP contribution < -0.4 is 10.6 Å². The molecule has 2 N–H and O–H groups in total. The molecule has 0 aliphatic heterocycles. The number of aromatic nitrogens is 1. The Bertz CT molecular complexity index is 507. The standard InChI is InChI=1S/C15H24N4O2/c1-15(2,3)18-14(21)12-8-6-7-11(17-12)13(20)16-9-10-19(4)5/h6-8H,9-10H2,1-5H3,(H,16,20)(H,18,21). The summed E-state index contributed by atoms with van der Waals surface area (Å²) >= 11 is 0. The molecule has 0 aromatic carbocycles. The van der Waals surface area contributed by atoms with Crippen LogP contribution in [0.4, 0.5) is 0 Å². The maximum Gasteiger partial charge on any atom is 0.270 e. The minimum absolute atomic E-state index is 0.241. The van der Waals surface area contributed by atoms with Crippen molar-refractivity contribution in [1.29, 1.82) is 0 Å². The number of hydrogen-bond donors (Lipinski definition) is 2. The predicted molar refractivity (Wildman–Crippen MR) is 82.3 cm³/mol. The fourth-order valence-electron chi connectivity index (χ4n) is 1.58. The SMILES string of the molecule is CN(C)CCNC(=O)c1cccc(C(=O)NC(C)(C)C)n1. The van der Waals surface area contributed by atoms with Gasteiger partial charge in [-0.25, -0.2) is 4.98 Å². The van der Waals surface area contributed by atoms with Crippen molar-refractivity contribution in [2.75, 3.05) is 27.2 Å². The zero-order chi connectivity index (χ0) is 16.0. The summed E-state index contributed by atoms with van der Waals surface area (Å²) in [7, 11) is 3.86. The molecule has 116 valence electrons. The Labute approximate surface area is 125 Å². The van der Waals surface area contributed by atoms with Crippen molar-refractivity contribution in [3.8, 4) is 0 Å². The molecular weight excluding hydrogens is 268 g/mol. The van der Waals surface area contributed by atoms with Gasteiger partial charge in [-0.3, -0.25) is 9.59 Å². The maximum atomic E-state index is 12.0. The van der Waals surface area contributed by atoms with Crippen LogP contribution in [0.1, 0.15) is 41.7 Å². The zero-order valence-electron chi connectivity index (χ0n) is 13.4. The topological polar surface area (TPSA) is 74.3 Å². The lowest BCUT2D eigenvalue weighted by Crippen LogP contribution is -2.41. The Morgan fingerprint density at radius 1 is 1.14 bits per heavy atom. The van der Waals surface area contributed by atoms with Crippen LogP contribution in [0.5, 0.6) is 0 Å². The van der Waals surface area contributed by atoms with Crippen LogP contribution in [0.25, 0.3) is 0 Å². The molecule has 1 aromatic heterocycles. The lowest BCUT2D eigenvalue weighted by atomic mass is 10.1. The van der Waals surface area contributed by atoms with Crippen molar-refractivity contribution >= 4 is 11.8 Å². The van der Waals surface area contributed by atoms with Gasteiger partial charge in [-0.2, -0.15) is 0 Å². The van der Waals surface area contributed by atoms with E-state index in [-0.39, 0.29) is 28.7 Å². The summed E-state index contributed by atoms with van der Waals surface area (Å²) in [6, 6.07) is 4.85. The Morgan fingerprint density at radius 2 is 1.71 bits per heavy atom. The van der Waals surface area contributed by atoms with Crippen LogP contribution in [0.2, 0.25) is 0 Å². The van der Waals surface area contributed by atoms with Crippen LogP contribution in [-0.4, -0.2) is 54.4 Å². The first kappa shape index (κ1) is 17.1. The van der Waals surface area contributed by atoms with E-state index in [4.69, 9.17) is 0 Å². The summed E-state index contributed by atoms with van der Waals surface area (Å²) in [6.45, 7) is 6.95. The van der Waals surface area contributed by atoms with Crippen LogP contribution >= 0.6 is 0 Å². The summed E-state index contributed by atoms with van der Waals surface area (Å²) < 4.78 is 0. The second-order valence-electron chi connectivity index (χ2n) is 6.17. The Balaban J connectivity index is 2.71. The Morgan fingerprint density at radius 3 is 2.24 bits per heavy atom. The summed E-state index contributed by atoms with van der Waals surface area (Å²) in [5, 5.41) is 5.59. The van der Waals surface area contributed by atoms with Gasteiger partial charge in [-0.05, 0) is 47.0 Å². The van der Waals surface area contributed by atoms with E-state index in [9.17, 15) is 9.59 Å². The number of pyridine rings is 1. The first-order valence-electron chi connectivity index (χ1n) is 6.91. The smallest absolute Gasteiger partial charge is 0.270 e. The molecule has 2 amide bonds. The molecule has 0 saturated carbocycles. The van der Waals surface area contributed by atoms with E-state index in [1.54, 1.807) is 18.2 Å². The molecule has 0 atom stereocenters. The molecule has 0 aliphatic rings. The zero-order valence-corrected chi connectivity index (χ0v) is 13.4. The molecule has 0 fully saturated rings. The van der Waals surface area contributed by atoms with Gasteiger partial charge in [-0.15, -0.1) is 0 Å². The molecule has 0 saturated heterocycles. The van der Waals surface area contributed by atoms with Gasteiger partial charge >= 0.3 is 0 Å². The third-order valence-electron chi connectivity index (χ3n) is 2.55. The van der Waals surface area contributed by atoms with Crippen molar-refractivity contribution in [1.82, 2.24) is 20.5 Å². The average Bonchev–Trinajstić information content (AvgIpc) is 2.36. The van der Waals surface area contributed by atoms with Crippen LogP contribution in [-0.2, 0) is 0 Å². The summed E-state index contributed by atoms with van der Waals surface area (Å²) in [4.78, 5) is 30.1. The first-order valence-corrected chi connectivity index (χ1v) is 6.91. The largest absolute Gasteiger partial charge is 0.349 e. The molecule has 1 heterocycles. The van der Waals surface area contributed by atoms with Crippen LogP contribution in [0.3, 0.4) is 0 Å². The summed E-state index contributed by atoms with van der Waals surface area (Å²) in [5.74, 6) is -0.562. The van der Waals surface area contributed by atoms with Crippen molar-refractivity contribution in [3.63, 3.8) is 0 Å². The highest BCUT2D eigenvalue weighted by atomic mass is 16.2. The Kier molecular flexibility index (Phi) is 5.84. The average molecular weight is 292 g/mol. The molecule has 0 aliphatic carbocycles. The van der Waals surface area contributed by atoms with Gasteiger partial charge in [0.05, 0.1) is 0 Å². The summed E-state index contributed by atoms with van der Waals surface area (Å²) in [6.07, 6.45) is 0. The van der Waals surface area contributed by atoms with Gasteiger partial charge in [-0.1, -0.05) is 6.07 Å². The fraction of sp³-hybridized carbons (Fsp3) is 0.533. The molecule has 6 nitrogen and oxygen atoms in total. The number of likely N-dealkylation sites (N-methyl/N-ethyl adjacent to an activating group) is 1. The quantitative estimate of drug-likeness (QED) is 0.845. The number of rotatable bonds is 5. The predicted octanol–water partition coefficient (Wildman–Crippen LogP) is 0.901. The van der Waals surface area contributed by atoms with E-state index in [0.29, 0.717) is 6.54 Å². The van der Waals surface area contributed by atoms with E-state index >= 15 is 0 Å². The van der Waals surface area contributed by atoms with E-state index in [2.05, 4.69) is 15.6 Å². The molecule has 0 spiro atoms. The van der Waals surface area contributed by atoms with Crippen molar-refractivity contribution < 1.29 is 9.59 Å². The molecule has 0 radical (unpaired) electrons. The van der Waals surface area contributed by atoms with Gasteiger partial charge in [0.25, 0.3) is 11.8 Å². The highest BCUT2D eigenvalue weighted by Gasteiger charge is 2.17. The third kappa shape index (κ3) is 6.35. The van der Waals surface area contributed by atoms with Gasteiger partial charge in [0.1, 0.15) is 11.4 Å². The molecule has 21 heavy (non-hydrogen) atoms. The van der Waals surface area contributed by atoms with Crippen molar-refractivity contribution in [3.05, 3.63) is 29.6 Å². The molecule has 6 heteroatoms. The highest BCUT2D eigenvalue weighted by molar-refractivity contribution is 5.96.